The monoisotopic (exact) mass is 332 g/mol. The van der Waals surface area contributed by atoms with Crippen LogP contribution in [0.2, 0.25) is 0 Å². The second-order valence-corrected chi connectivity index (χ2v) is 6.95. The number of morpholine rings is 1. The summed E-state index contributed by atoms with van der Waals surface area (Å²) in [6.07, 6.45) is 1.05. The first-order valence-corrected chi connectivity index (χ1v) is 8.89. The molecule has 2 heterocycles. The quantitative estimate of drug-likeness (QED) is 0.849. The van der Waals surface area contributed by atoms with Gasteiger partial charge in [-0.1, -0.05) is 19.9 Å². The molecule has 0 spiro atoms. The first-order chi connectivity index (χ1) is 11.6. The Labute approximate surface area is 144 Å². The zero-order valence-electron chi connectivity index (χ0n) is 15.0. The van der Waals surface area contributed by atoms with Crippen LogP contribution in [-0.2, 0) is 4.74 Å². The average molecular weight is 332 g/mol. The molecule has 3 rings (SSSR count). The highest BCUT2D eigenvalue weighted by molar-refractivity contribution is 5.95. The van der Waals surface area contributed by atoms with E-state index in [0.717, 1.165) is 62.7 Å². The molecule has 1 atom stereocenters. The van der Waals surface area contributed by atoms with Gasteiger partial charge in [0, 0.05) is 37.8 Å². The molecule has 0 N–H and O–H groups in total. The highest BCUT2D eigenvalue weighted by Crippen LogP contribution is 2.28. The zero-order chi connectivity index (χ0) is 17.1. The summed E-state index contributed by atoms with van der Waals surface area (Å²) >= 11 is 0. The number of hydrogen-bond donors (Lipinski definition) is 0. The van der Waals surface area contributed by atoms with Crippen LogP contribution in [0, 0.1) is 0 Å². The fourth-order valence-corrected chi connectivity index (χ4v) is 3.67. The van der Waals surface area contributed by atoms with Crippen molar-refractivity contribution in [3.8, 4) is 5.75 Å². The molecule has 2 aliphatic heterocycles. The second kappa shape index (κ2) is 7.53. The Hall–Kier alpha value is -1.59. The first kappa shape index (κ1) is 17.2. The number of methoxy groups -OCH3 is 1. The van der Waals surface area contributed by atoms with E-state index in [0.29, 0.717) is 12.0 Å². The summed E-state index contributed by atoms with van der Waals surface area (Å²) in [7, 11) is 1.67. The minimum atomic E-state index is 0.111. The van der Waals surface area contributed by atoms with E-state index in [1.54, 1.807) is 7.11 Å². The van der Waals surface area contributed by atoms with E-state index in [1.165, 1.54) is 0 Å². The van der Waals surface area contributed by atoms with Crippen molar-refractivity contribution in [3.63, 3.8) is 0 Å². The third-order valence-electron chi connectivity index (χ3n) is 5.12. The largest absolute Gasteiger partial charge is 0.496 e. The third kappa shape index (κ3) is 3.57. The number of carbonyl (C=O) groups excluding carboxylic acids is 1. The fourth-order valence-electron chi connectivity index (χ4n) is 3.67. The van der Waals surface area contributed by atoms with Crippen molar-refractivity contribution in [2.45, 2.75) is 32.2 Å². The minimum Gasteiger partial charge on any atom is -0.496 e. The molecule has 1 amide bonds. The van der Waals surface area contributed by atoms with E-state index >= 15 is 0 Å². The van der Waals surface area contributed by atoms with E-state index in [9.17, 15) is 4.79 Å². The van der Waals surface area contributed by atoms with Gasteiger partial charge in [0.1, 0.15) is 5.75 Å². The van der Waals surface area contributed by atoms with Crippen molar-refractivity contribution in [2.75, 3.05) is 46.5 Å². The first-order valence-electron chi connectivity index (χ1n) is 8.89. The van der Waals surface area contributed by atoms with Crippen molar-refractivity contribution in [1.29, 1.82) is 0 Å². The highest BCUT2D eigenvalue weighted by Gasteiger charge is 2.31. The predicted molar refractivity (Wildman–Crippen MR) is 93.8 cm³/mol. The molecule has 0 aromatic heterocycles. The van der Waals surface area contributed by atoms with Gasteiger partial charge in [-0.05, 0) is 30.0 Å². The Morgan fingerprint density at radius 1 is 1.25 bits per heavy atom. The van der Waals surface area contributed by atoms with Crippen molar-refractivity contribution >= 4 is 5.91 Å². The Bertz CT molecular complexity index is 582. The number of nitrogens with zero attached hydrogens (tertiary/aromatic N) is 2. The molecular formula is C19H28N2O3. The van der Waals surface area contributed by atoms with Crippen molar-refractivity contribution < 1.29 is 14.3 Å². The number of likely N-dealkylation sites (tertiary alicyclic amines) is 1. The van der Waals surface area contributed by atoms with E-state index in [-0.39, 0.29) is 5.91 Å². The van der Waals surface area contributed by atoms with Crippen molar-refractivity contribution in [1.82, 2.24) is 9.80 Å². The van der Waals surface area contributed by atoms with Gasteiger partial charge >= 0.3 is 0 Å². The van der Waals surface area contributed by atoms with Gasteiger partial charge in [-0.25, -0.2) is 0 Å². The van der Waals surface area contributed by atoms with Crippen LogP contribution in [0.5, 0.6) is 5.75 Å². The maximum Gasteiger partial charge on any atom is 0.254 e. The summed E-state index contributed by atoms with van der Waals surface area (Å²) in [4.78, 5) is 17.3. The predicted octanol–water partition coefficient (Wildman–Crippen LogP) is 2.37. The van der Waals surface area contributed by atoms with E-state index in [2.05, 4.69) is 18.7 Å². The zero-order valence-corrected chi connectivity index (χ0v) is 15.0. The molecule has 2 saturated heterocycles. The lowest BCUT2D eigenvalue weighted by atomic mass is 10.00. The van der Waals surface area contributed by atoms with Crippen LogP contribution in [0.3, 0.4) is 0 Å². The van der Waals surface area contributed by atoms with Gasteiger partial charge < -0.3 is 14.4 Å². The number of amides is 1. The van der Waals surface area contributed by atoms with Gasteiger partial charge in [-0.15, -0.1) is 0 Å². The molecule has 0 radical (unpaired) electrons. The molecule has 2 aliphatic rings. The molecular weight excluding hydrogens is 304 g/mol. The number of carbonyl (C=O) groups is 1. The molecule has 132 valence electrons. The van der Waals surface area contributed by atoms with Crippen LogP contribution in [0.4, 0.5) is 0 Å². The SMILES string of the molecule is COc1cc(C(=O)N2CCC(N3CCOCC3)C2)ccc1C(C)C. The van der Waals surface area contributed by atoms with Crippen molar-refractivity contribution in [2.24, 2.45) is 0 Å². The molecule has 0 bridgehead atoms. The summed E-state index contributed by atoms with van der Waals surface area (Å²) < 4.78 is 10.9. The van der Waals surface area contributed by atoms with E-state index in [4.69, 9.17) is 9.47 Å². The molecule has 5 nitrogen and oxygen atoms in total. The lowest BCUT2D eigenvalue weighted by Gasteiger charge is -2.32. The van der Waals surface area contributed by atoms with Gasteiger partial charge in [0.15, 0.2) is 0 Å². The number of benzene rings is 1. The van der Waals surface area contributed by atoms with E-state index in [1.807, 2.05) is 23.1 Å². The van der Waals surface area contributed by atoms with Crippen LogP contribution in [0.1, 0.15) is 42.1 Å². The Morgan fingerprint density at radius 3 is 2.67 bits per heavy atom. The number of hydrogen-bond acceptors (Lipinski definition) is 4. The van der Waals surface area contributed by atoms with E-state index < -0.39 is 0 Å². The highest BCUT2D eigenvalue weighted by atomic mass is 16.5. The van der Waals surface area contributed by atoms with Gasteiger partial charge in [-0.3, -0.25) is 9.69 Å². The summed E-state index contributed by atoms with van der Waals surface area (Å²) in [5.74, 6) is 1.29. The lowest BCUT2D eigenvalue weighted by Crippen LogP contribution is -2.45. The molecule has 0 saturated carbocycles. The summed E-state index contributed by atoms with van der Waals surface area (Å²) in [5.41, 5.74) is 1.86. The second-order valence-electron chi connectivity index (χ2n) is 6.95. The fraction of sp³-hybridized carbons (Fsp3) is 0.632. The van der Waals surface area contributed by atoms with Crippen LogP contribution in [0.15, 0.2) is 18.2 Å². The maximum absolute atomic E-state index is 12.9. The molecule has 1 aromatic carbocycles. The van der Waals surface area contributed by atoms with Gasteiger partial charge in [0.25, 0.3) is 5.91 Å². The standard InChI is InChI=1S/C19H28N2O3/c1-14(2)17-5-4-15(12-18(17)23-3)19(22)21-7-6-16(13-21)20-8-10-24-11-9-20/h4-5,12,14,16H,6-11,13H2,1-3H3. The van der Waals surface area contributed by atoms with Crippen LogP contribution < -0.4 is 4.74 Å². The minimum absolute atomic E-state index is 0.111. The molecule has 24 heavy (non-hydrogen) atoms. The smallest absolute Gasteiger partial charge is 0.254 e. The van der Waals surface area contributed by atoms with Gasteiger partial charge in [0.05, 0.1) is 20.3 Å². The third-order valence-corrected chi connectivity index (χ3v) is 5.12. The Balaban J connectivity index is 1.68. The molecule has 5 heteroatoms. The van der Waals surface area contributed by atoms with Gasteiger partial charge in [0.2, 0.25) is 0 Å². The summed E-state index contributed by atoms with van der Waals surface area (Å²) in [5, 5.41) is 0. The molecule has 1 aromatic rings. The maximum atomic E-state index is 12.9. The number of rotatable bonds is 4. The van der Waals surface area contributed by atoms with Gasteiger partial charge in [-0.2, -0.15) is 0 Å². The summed E-state index contributed by atoms with van der Waals surface area (Å²) in [6, 6.07) is 6.31. The lowest BCUT2D eigenvalue weighted by molar-refractivity contribution is 0.0185. The normalized spacial score (nSPS) is 22.2. The Kier molecular flexibility index (Phi) is 5.41. The molecule has 2 fully saturated rings. The molecule has 1 unspecified atom stereocenters. The topological polar surface area (TPSA) is 42.0 Å². The van der Waals surface area contributed by atoms with Crippen LogP contribution in [-0.4, -0.2) is 68.3 Å². The summed E-state index contributed by atoms with van der Waals surface area (Å²) in [6.45, 7) is 9.46. The van der Waals surface area contributed by atoms with Crippen molar-refractivity contribution in [3.05, 3.63) is 29.3 Å². The van der Waals surface area contributed by atoms with Crippen LogP contribution >= 0.6 is 0 Å². The number of ether oxygens (including phenoxy) is 2. The van der Waals surface area contributed by atoms with Crippen LogP contribution in [0.25, 0.3) is 0 Å². The average Bonchev–Trinajstić information content (AvgIpc) is 3.11. The Morgan fingerprint density at radius 2 is 2.00 bits per heavy atom. The molecule has 0 aliphatic carbocycles.